The minimum Gasteiger partial charge on any atom is -0.356 e. The lowest BCUT2D eigenvalue weighted by atomic mass is 9.78. The van der Waals surface area contributed by atoms with Crippen molar-refractivity contribution in [3.63, 3.8) is 0 Å². The number of anilines is 1. The Morgan fingerprint density at radius 1 is 1.42 bits per heavy atom. The summed E-state index contributed by atoms with van der Waals surface area (Å²) in [5, 5.41) is 10.8. The molecule has 1 aromatic heterocycles. The molecule has 3 rings (SSSR count). The first-order valence-electron chi connectivity index (χ1n) is 6.76. The van der Waals surface area contributed by atoms with E-state index >= 15 is 0 Å². The highest BCUT2D eigenvalue weighted by Gasteiger charge is 2.39. The SMILES string of the molecule is NC1CCCC2CN(c3cc([N+](=O)[O-])ccn3)CC12. The Morgan fingerprint density at radius 2 is 2.26 bits per heavy atom. The Kier molecular flexibility index (Phi) is 3.10. The van der Waals surface area contributed by atoms with E-state index in [1.165, 1.54) is 25.1 Å². The number of aromatic nitrogens is 1. The van der Waals surface area contributed by atoms with Gasteiger partial charge in [0.15, 0.2) is 0 Å². The van der Waals surface area contributed by atoms with Gasteiger partial charge in [0, 0.05) is 31.4 Å². The normalized spacial score (nSPS) is 30.2. The lowest BCUT2D eigenvalue weighted by Gasteiger charge is -2.29. The Labute approximate surface area is 111 Å². The number of nitrogens with zero attached hydrogens (tertiary/aromatic N) is 3. The van der Waals surface area contributed by atoms with Crippen molar-refractivity contribution in [3.8, 4) is 0 Å². The fraction of sp³-hybridized carbons (Fsp3) is 0.615. The van der Waals surface area contributed by atoms with Gasteiger partial charge in [0.1, 0.15) is 5.82 Å². The molecule has 102 valence electrons. The summed E-state index contributed by atoms with van der Waals surface area (Å²) in [6, 6.07) is 3.25. The van der Waals surface area contributed by atoms with E-state index in [-0.39, 0.29) is 16.7 Å². The molecule has 1 aromatic rings. The minimum atomic E-state index is -0.375. The van der Waals surface area contributed by atoms with Crippen molar-refractivity contribution in [1.29, 1.82) is 0 Å². The van der Waals surface area contributed by atoms with E-state index in [9.17, 15) is 10.1 Å². The number of pyridine rings is 1. The quantitative estimate of drug-likeness (QED) is 0.645. The molecule has 3 atom stereocenters. The number of nitro groups is 1. The first-order valence-corrected chi connectivity index (χ1v) is 6.76. The average molecular weight is 262 g/mol. The van der Waals surface area contributed by atoms with Gasteiger partial charge in [-0.1, -0.05) is 6.42 Å². The summed E-state index contributed by atoms with van der Waals surface area (Å²) < 4.78 is 0. The molecule has 1 aliphatic carbocycles. The summed E-state index contributed by atoms with van der Waals surface area (Å²) in [5.41, 5.74) is 6.28. The number of hydrogen-bond acceptors (Lipinski definition) is 5. The zero-order chi connectivity index (χ0) is 13.4. The van der Waals surface area contributed by atoms with Crippen molar-refractivity contribution >= 4 is 11.5 Å². The third-order valence-electron chi connectivity index (χ3n) is 4.42. The summed E-state index contributed by atoms with van der Waals surface area (Å²) in [6.07, 6.45) is 5.01. The minimum absolute atomic E-state index is 0.101. The zero-order valence-electron chi connectivity index (χ0n) is 10.7. The Hall–Kier alpha value is -1.69. The maximum Gasteiger partial charge on any atom is 0.274 e. The largest absolute Gasteiger partial charge is 0.356 e. The van der Waals surface area contributed by atoms with Crippen LogP contribution in [0, 0.1) is 22.0 Å². The van der Waals surface area contributed by atoms with E-state index < -0.39 is 0 Å². The molecule has 0 radical (unpaired) electrons. The first-order chi connectivity index (χ1) is 9.15. The highest BCUT2D eigenvalue weighted by atomic mass is 16.6. The molecule has 2 aliphatic rings. The summed E-state index contributed by atoms with van der Waals surface area (Å²) in [4.78, 5) is 16.8. The van der Waals surface area contributed by atoms with E-state index in [1.54, 1.807) is 6.07 Å². The van der Waals surface area contributed by atoms with Crippen LogP contribution in [0.25, 0.3) is 0 Å². The van der Waals surface area contributed by atoms with Crippen LogP contribution in [-0.4, -0.2) is 29.0 Å². The molecule has 0 aromatic carbocycles. The molecule has 0 amide bonds. The Balaban J connectivity index is 1.80. The molecule has 1 saturated carbocycles. The highest BCUT2D eigenvalue weighted by molar-refractivity contribution is 5.47. The van der Waals surface area contributed by atoms with Gasteiger partial charge in [0.25, 0.3) is 5.69 Å². The van der Waals surface area contributed by atoms with Crippen molar-refractivity contribution in [2.75, 3.05) is 18.0 Å². The van der Waals surface area contributed by atoms with Crippen molar-refractivity contribution < 1.29 is 4.92 Å². The third-order valence-corrected chi connectivity index (χ3v) is 4.42. The first kappa shape index (κ1) is 12.3. The Morgan fingerprint density at radius 3 is 3.00 bits per heavy atom. The topological polar surface area (TPSA) is 85.3 Å². The van der Waals surface area contributed by atoms with Crippen LogP contribution in [-0.2, 0) is 0 Å². The Bertz CT molecular complexity index is 493. The summed E-state index contributed by atoms with van der Waals surface area (Å²) >= 11 is 0. The van der Waals surface area contributed by atoms with Gasteiger partial charge in [-0.3, -0.25) is 10.1 Å². The lowest BCUT2D eigenvalue weighted by molar-refractivity contribution is -0.384. The maximum atomic E-state index is 10.8. The van der Waals surface area contributed by atoms with Crippen LogP contribution in [0.2, 0.25) is 0 Å². The number of fused-ring (bicyclic) bond motifs is 1. The van der Waals surface area contributed by atoms with E-state index in [0.29, 0.717) is 17.7 Å². The van der Waals surface area contributed by atoms with Crippen LogP contribution in [0.5, 0.6) is 0 Å². The van der Waals surface area contributed by atoms with Gasteiger partial charge in [-0.25, -0.2) is 4.98 Å². The maximum absolute atomic E-state index is 10.8. The van der Waals surface area contributed by atoms with E-state index in [2.05, 4.69) is 9.88 Å². The van der Waals surface area contributed by atoms with Crippen LogP contribution in [0.4, 0.5) is 11.5 Å². The van der Waals surface area contributed by atoms with Crippen molar-refractivity contribution in [2.24, 2.45) is 17.6 Å². The van der Waals surface area contributed by atoms with E-state index in [4.69, 9.17) is 5.73 Å². The molecule has 2 fully saturated rings. The van der Waals surface area contributed by atoms with Gasteiger partial charge in [0.05, 0.1) is 11.0 Å². The second kappa shape index (κ2) is 4.77. The fourth-order valence-electron chi connectivity index (χ4n) is 3.40. The van der Waals surface area contributed by atoms with Crippen LogP contribution in [0.15, 0.2) is 18.3 Å². The molecule has 1 aliphatic heterocycles. The van der Waals surface area contributed by atoms with Gasteiger partial charge in [0.2, 0.25) is 0 Å². The molecule has 6 nitrogen and oxygen atoms in total. The number of hydrogen-bond donors (Lipinski definition) is 1. The zero-order valence-corrected chi connectivity index (χ0v) is 10.7. The molecule has 19 heavy (non-hydrogen) atoms. The monoisotopic (exact) mass is 262 g/mol. The molecule has 0 spiro atoms. The molecule has 6 heteroatoms. The van der Waals surface area contributed by atoms with Gasteiger partial charge in [-0.2, -0.15) is 0 Å². The third kappa shape index (κ3) is 2.28. The molecular formula is C13H18N4O2. The second-order valence-corrected chi connectivity index (χ2v) is 5.55. The van der Waals surface area contributed by atoms with Crippen molar-refractivity contribution in [3.05, 3.63) is 28.4 Å². The van der Waals surface area contributed by atoms with Gasteiger partial charge < -0.3 is 10.6 Å². The predicted octanol–water partition coefficient (Wildman–Crippen LogP) is 1.55. The summed E-state index contributed by atoms with van der Waals surface area (Å²) in [7, 11) is 0. The number of nitrogens with two attached hydrogens (primary N) is 1. The van der Waals surface area contributed by atoms with Crippen molar-refractivity contribution in [2.45, 2.75) is 25.3 Å². The van der Waals surface area contributed by atoms with E-state index in [0.717, 1.165) is 19.5 Å². The molecule has 3 unspecified atom stereocenters. The van der Waals surface area contributed by atoms with Crippen molar-refractivity contribution in [1.82, 2.24) is 4.98 Å². The van der Waals surface area contributed by atoms with Gasteiger partial charge >= 0.3 is 0 Å². The molecule has 2 N–H and O–H groups in total. The van der Waals surface area contributed by atoms with Crippen LogP contribution in [0.1, 0.15) is 19.3 Å². The van der Waals surface area contributed by atoms with Crippen LogP contribution in [0.3, 0.4) is 0 Å². The molecule has 0 bridgehead atoms. The van der Waals surface area contributed by atoms with Gasteiger partial charge in [-0.15, -0.1) is 0 Å². The predicted molar refractivity (Wildman–Crippen MR) is 71.9 cm³/mol. The second-order valence-electron chi connectivity index (χ2n) is 5.55. The molecule has 1 saturated heterocycles. The standard InChI is InChI=1S/C13H18N4O2/c14-12-3-1-2-9-7-16(8-11(9)12)13-6-10(17(18)19)4-5-15-13/h4-6,9,11-12H,1-3,7-8,14H2. The van der Waals surface area contributed by atoms with Gasteiger partial charge in [-0.05, 0) is 24.7 Å². The fourth-order valence-corrected chi connectivity index (χ4v) is 3.40. The average Bonchev–Trinajstić information content (AvgIpc) is 2.84. The highest BCUT2D eigenvalue weighted by Crippen LogP contribution is 2.37. The van der Waals surface area contributed by atoms with E-state index in [1.807, 2.05) is 0 Å². The van der Waals surface area contributed by atoms with Crippen LogP contribution >= 0.6 is 0 Å². The summed E-state index contributed by atoms with van der Waals surface area (Å²) in [5.74, 6) is 1.83. The summed E-state index contributed by atoms with van der Waals surface area (Å²) in [6.45, 7) is 1.80. The lowest BCUT2D eigenvalue weighted by Crippen LogP contribution is -2.38. The molecule has 2 heterocycles. The number of rotatable bonds is 2. The smallest absolute Gasteiger partial charge is 0.274 e. The molecular weight excluding hydrogens is 244 g/mol. The van der Waals surface area contributed by atoms with Crippen LogP contribution < -0.4 is 10.6 Å².